The Bertz CT molecular complexity index is 568. The second-order valence-electron chi connectivity index (χ2n) is 3.97. The molecule has 0 aromatic heterocycles. The summed E-state index contributed by atoms with van der Waals surface area (Å²) in [5.74, 6) is -0.360. The van der Waals surface area contributed by atoms with Crippen LogP contribution in [-0.2, 0) is 4.79 Å². The number of carbonyl (C=O) groups is 1. The molecular formula is C13H13BrN2O. The van der Waals surface area contributed by atoms with E-state index in [9.17, 15) is 4.79 Å². The minimum atomic E-state index is -0.372. The monoisotopic (exact) mass is 292 g/mol. The maximum atomic E-state index is 11.0. The first-order valence-electron chi connectivity index (χ1n) is 5.31. The molecule has 88 valence electrons. The predicted molar refractivity (Wildman–Crippen MR) is 73.9 cm³/mol. The van der Waals surface area contributed by atoms with E-state index in [0.29, 0.717) is 0 Å². The Morgan fingerprint density at radius 3 is 2.59 bits per heavy atom. The Hall–Kier alpha value is -1.55. The number of primary amides is 1. The quantitative estimate of drug-likeness (QED) is 0.914. The van der Waals surface area contributed by atoms with Crippen molar-refractivity contribution in [2.24, 2.45) is 5.73 Å². The summed E-state index contributed by atoms with van der Waals surface area (Å²) >= 11 is 3.43. The number of fused-ring (bicyclic) bond motifs is 1. The summed E-state index contributed by atoms with van der Waals surface area (Å²) in [4.78, 5) is 11.0. The molecule has 1 amide bonds. The molecule has 0 saturated heterocycles. The van der Waals surface area contributed by atoms with Crippen LogP contribution in [0.3, 0.4) is 0 Å². The molecule has 2 rings (SSSR count). The lowest BCUT2D eigenvalue weighted by molar-refractivity contribution is -0.118. The fourth-order valence-corrected chi connectivity index (χ4v) is 2.01. The number of rotatable bonds is 3. The van der Waals surface area contributed by atoms with E-state index >= 15 is 0 Å². The van der Waals surface area contributed by atoms with E-state index in [-0.39, 0.29) is 11.9 Å². The van der Waals surface area contributed by atoms with Crippen molar-refractivity contribution in [2.75, 3.05) is 5.32 Å². The Kier molecular flexibility index (Phi) is 3.33. The van der Waals surface area contributed by atoms with Crippen LogP contribution >= 0.6 is 15.9 Å². The SMILES string of the molecule is CC(Nc1ccc2cc(Br)ccc2c1)C(N)=O. The number of carbonyl (C=O) groups excluding carboxylic acids is 1. The van der Waals surface area contributed by atoms with Gasteiger partial charge in [-0.2, -0.15) is 0 Å². The molecule has 1 unspecified atom stereocenters. The molecule has 0 bridgehead atoms. The molecule has 0 spiro atoms. The number of hydrogen-bond donors (Lipinski definition) is 2. The van der Waals surface area contributed by atoms with Crippen molar-refractivity contribution < 1.29 is 4.79 Å². The molecule has 0 aliphatic rings. The number of nitrogens with one attached hydrogen (secondary N) is 1. The number of benzene rings is 2. The van der Waals surface area contributed by atoms with Gasteiger partial charge in [0.05, 0.1) is 0 Å². The minimum Gasteiger partial charge on any atom is -0.374 e. The lowest BCUT2D eigenvalue weighted by atomic mass is 10.1. The Balaban J connectivity index is 2.32. The predicted octanol–water partition coefficient (Wildman–Crippen LogP) is 2.89. The van der Waals surface area contributed by atoms with Crippen molar-refractivity contribution in [2.45, 2.75) is 13.0 Å². The highest BCUT2D eigenvalue weighted by Gasteiger charge is 2.07. The molecule has 0 aliphatic heterocycles. The van der Waals surface area contributed by atoms with Gasteiger partial charge >= 0.3 is 0 Å². The van der Waals surface area contributed by atoms with Crippen LogP contribution in [0.1, 0.15) is 6.92 Å². The average Bonchev–Trinajstić information content (AvgIpc) is 2.29. The van der Waals surface area contributed by atoms with Gasteiger partial charge < -0.3 is 11.1 Å². The zero-order chi connectivity index (χ0) is 12.4. The number of halogens is 1. The maximum absolute atomic E-state index is 11.0. The molecule has 1 atom stereocenters. The van der Waals surface area contributed by atoms with E-state index in [1.807, 2.05) is 30.3 Å². The molecule has 3 N–H and O–H groups in total. The number of nitrogens with two attached hydrogens (primary N) is 1. The summed E-state index contributed by atoms with van der Waals surface area (Å²) in [5.41, 5.74) is 6.10. The van der Waals surface area contributed by atoms with Crippen LogP contribution in [0.5, 0.6) is 0 Å². The van der Waals surface area contributed by atoms with Crippen LogP contribution in [-0.4, -0.2) is 11.9 Å². The third-order valence-electron chi connectivity index (χ3n) is 2.61. The lowest BCUT2D eigenvalue weighted by Gasteiger charge is -2.12. The second kappa shape index (κ2) is 4.75. The average molecular weight is 293 g/mol. The van der Waals surface area contributed by atoms with Gasteiger partial charge in [-0.25, -0.2) is 0 Å². The first-order valence-corrected chi connectivity index (χ1v) is 6.11. The number of anilines is 1. The lowest BCUT2D eigenvalue weighted by Crippen LogP contribution is -2.32. The van der Waals surface area contributed by atoms with Gasteiger partial charge in [-0.1, -0.05) is 28.1 Å². The number of hydrogen-bond acceptors (Lipinski definition) is 2. The Labute approximate surface area is 108 Å². The van der Waals surface area contributed by atoms with Gasteiger partial charge in [0.2, 0.25) is 5.91 Å². The maximum Gasteiger partial charge on any atom is 0.239 e. The highest BCUT2D eigenvalue weighted by Crippen LogP contribution is 2.23. The molecule has 0 fully saturated rings. The third-order valence-corrected chi connectivity index (χ3v) is 3.11. The molecule has 2 aromatic carbocycles. The zero-order valence-corrected chi connectivity index (χ0v) is 11.0. The summed E-state index contributed by atoms with van der Waals surface area (Å²) in [6.07, 6.45) is 0. The highest BCUT2D eigenvalue weighted by molar-refractivity contribution is 9.10. The van der Waals surface area contributed by atoms with E-state index < -0.39 is 0 Å². The number of amides is 1. The van der Waals surface area contributed by atoms with Crippen molar-refractivity contribution in [3.05, 3.63) is 40.9 Å². The first kappa shape index (κ1) is 11.9. The topological polar surface area (TPSA) is 55.1 Å². The van der Waals surface area contributed by atoms with Crippen molar-refractivity contribution in [1.82, 2.24) is 0 Å². The van der Waals surface area contributed by atoms with Gasteiger partial charge in [0, 0.05) is 10.2 Å². The summed E-state index contributed by atoms with van der Waals surface area (Å²) in [7, 11) is 0. The van der Waals surface area contributed by atoms with Gasteiger partial charge in [-0.05, 0) is 42.0 Å². The van der Waals surface area contributed by atoms with Gasteiger partial charge in [0.1, 0.15) is 6.04 Å². The normalized spacial score (nSPS) is 12.4. The van der Waals surface area contributed by atoms with Crippen molar-refractivity contribution in [3.63, 3.8) is 0 Å². The molecule has 17 heavy (non-hydrogen) atoms. The molecule has 0 aliphatic carbocycles. The van der Waals surface area contributed by atoms with E-state index in [1.54, 1.807) is 6.92 Å². The van der Waals surface area contributed by atoms with E-state index in [0.717, 1.165) is 20.9 Å². The highest BCUT2D eigenvalue weighted by atomic mass is 79.9. The van der Waals surface area contributed by atoms with Crippen LogP contribution in [0.25, 0.3) is 10.8 Å². The van der Waals surface area contributed by atoms with Crippen molar-refractivity contribution in [3.8, 4) is 0 Å². The second-order valence-corrected chi connectivity index (χ2v) is 4.89. The van der Waals surface area contributed by atoms with E-state index in [4.69, 9.17) is 5.73 Å². The summed E-state index contributed by atoms with van der Waals surface area (Å²) in [6, 6.07) is 11.6. The van der Waals surface area contributed by atoms with Crippen molar-refractivity contribution in [1.29, 1.82) is 0 Å². The van der Waals surface area contributed by atoms with Gasteiger partial charge in [0.25, 0.3) is 0 Å². The van der Waals surface area contributed by atoms with Crippen molar-refractivity contribution >= 4 is 38.3 Å². The van der Waals surface area contributed by atoms with E-state index in [2.05, 4.69) is 27.3 Å². The summed E-state index contributed by atoms with van der Waals surface area (Å²) in [5, 5.41) is 5.33. The van der Waals surface area contributed by atoms with Crippen LogP contribution in [0.2, 0.25) is 0 Å². The largest absolute Gasteiger partial charge is 0.374 e. The molecule has 3 nitrogen and oxygen atoms in total. The first-order chi connectivity index (χ1) is 8.06. The van der Waals surface area contributed by atoms with Gasteiger partial charge in [-0.15, -0.1) is 0 Å². The van der Waals surface area contributed by atoms with Crippen LogP contribution in [0.15, 0.2) is 40.9 Å². The fraction of sp³-hybridized carbons (Fsp3) is 0.154. The van der Waals surface area contributed by atoms with Crippen LogP contribution < -0.4 is 11.1 Å². The fourth-order valence-electron chi connectivity index (χ4n) is 1.63. The Morgan fingerprint density at radius 1 is 1.24 bits per heavy atom. The van der Waals surface area contributed by atoms with Crippen LogP contribution in [0, 0.1) is 0 Å². The molecular weight excluding hydrogens is 280 g/mol. The molecule has 2 aromatic rings. The Morgan fingerprint density at radius 2 is 1.88 bits per heavy atom. The molecule has 0 heterocycles. The summed E-state index contributed by atoms with van der Waals surface area (Å²) in [6.45, 7) is 1.74. The van der Waals surface area contributed by atoms with E-state index in [1.165, 1.54) is 0 Å². The van der Waals surface area contributed by atoms with Gasteiger partial charge in [0.15, 0.2) is 0 Å². The molecule has 0 saturated carbocycles. The minimum absolute atomic E-state index is 0.360. The smallest absolute Gasteiger partial charge is 0.239 e. The van der Waals surface area contributed by atoms with Crippen LogP contribution in [0.4, 0.5) is 5.69 Å². The standard InChI is InChI=1S/C13H13BrN2O/c1-8(13(15)17)16-12-5-3-9-6-11(14)4-2-10(9)7-12/h2-8,16H,1H3,(H2,15,17). The molecule has 0 radical (unpaired) electrons. The zero-order valence-electron chi connectivity index (χ0n) is 9.41. The molecule has 4 heteroatoms. The third kappa shape index (κ3) is 2.77. The van der Waals surface area contributed by atoms with Gasteiger partial charge in [-0.3, -0.25) is 4.79 Å². The summed E-state index contributed by atoms with van der Waals surface area (Å²) < 4.78 is 1.05.